The molecule has 0 radical (unpaired) electrons. The van der Waals surface area contributed by atoms with Crippen LogP contribution in [0.3, 0.4) is 0 Å². The Morgan fingerprint density at radius 3 is 2.35 bits per heavy atom. The van der Waals surface area contributed by atoms with Gasteiger partial charge in [0.2, 0.25) is 0 Å². The lowest BCUT2D eigenvalue weighted by Gasteiger charge is -2.09. The molecule has 2 aromatic carbocycles. The number of carbonyl (C=O) groups is 1. The number of thioether (sulfide) groups is 1. The largest absolute Gasteiger partial charge is 0.489 e. The lowest BCUT2D eigenvalue weighted by atomic mass is 10.2. The number of aliphatic carboxylic acids is 1. The van der Waals surface area contributed by atoms with Crippen molar-refractivity contribution < 1.29 is 23.4 Å². The molecule has 0 heterocycles. The molecule has 122 valence electrons. The second-order valence-electron chi connectivity index (χ2n) is 4.83. The van der Waals surface area contributed by atoms with Gasteiger partial charge in [-0.2, -0.15) is 11.8 Å². The molecule has 0 spiro atoms. The van der Waals surface area contributed by atoms with Crippen LogP contribution >= 0.6 is 11.8 Å². The Kier molecular flexibility index (Phi) is 6.40. The minimum atomic E-state index is -0.804. The van der Waals surface area contributed by atoms with Gasteiger partial charge in [-0.1, -0.05) is 18.2 Å². The molecule has 0 aliphatic rings. The zero-order valence-corrected chi connectivity index (χ0v) is 13.1. The number of hydrogen-bond donors (Lipinski definition) is 1. The maximum absolute atomic E-state index is 13.5. The van der Waals surface area contributed by atoms with E-state index in [1.165, 1.54) is 30.0 Å². The fourth-order valence-electron chi connectivity index (χ4n) is 1.86. The van der Waals surface area contributed by atoms with E-state index in [2.05, 4.69) is 0 Å². The molecule has 0 aliphatic heterocycles. The van der Waals surface area contributed by atoms with Crippen molar-refractivity contribution in [2.24, 2.45) is 0 Å². The Morgan fingerprint density at radius 1 is 1.09 bits per heavy atom. The van der Waals surface area contributed by atoms with Gasteiger partial charge in [-0.3, -0.25) is 4.79 Å². The molecule has 0 fully saturated rings. The molecule has 2 aromatic rings. The van der Waals surface area contributed by atoms with Gasteiger partial charge in [0.1, 0.15) is 24.0 Å². The zero-order valence-electron chi connectivity index (χ0n) is 12.3. The molecule has 0 amide bonds. The third-order valence-corrected chi connectivity index (χ3v) is 4.13. The summed E-state index contributed by atoms with van der Waals surface area (Å²) in [4.78, 5) is 10.4. The Labute approximate surface area is 137 Å². The normalized spacial score (nSPS) is 10.5. The minimum absolute atomic E-state index is 0.0965. The summed E-state index contributed by atoms with van der Waals surface area (Å²) in [6.45, 7) is -0.175. The Hall–Kier alpha value is -2.08. The highest BCUT2D eigenvalue weighted by molar-refractivity contribution is 7.98. The average molecular weight is 338 g/mol. The standard InChI is InChI=1S/C17H16F2O3S/c18-15-2-1-3-16(19)14(15)10-22-13-6-4-12(5-7-13)11-23-9-8-17(20)21/h1-7H,8-11H2,(H,20,21). The molecule has 2 rings (SSSR count). The van der Waals surface area contributed by atoms with Crippen LogP contribution < -0.4 is 4.74 Å². The van der Waals surface area contributed by atoms with Gasteiger partial charge >= 0.3 is 5.97 Å². The van der Waals surface area contributed by atoms with Crippen molar-refractivity contribution in [3.05, 3.63) is 65.2 Å². The smallest absolute Gasteiger partial charge is 0.304 e. The molecule has 0 saturated carbocycles. The quantitative estimate of drug-likeness (QED) is 0.731. The topological polar surface area (TPSA) is 46.5 Å². The second-order valence-corrected chi connectivity index (χ2v) is 5.93. The highest BCUT2D eigenvalue weighted by atomic mass is 32.2. The summed E-state index contributed by atoms with van der Waals surface area (Å²) in [5.41, 5.74) is 0.936. The number of rotatable bonds is 8. The summed E-state index contributed by atoms with van der Waals surface area (Å²) < 4.78 is 32.4. The van der Waals surface area contributed by atoms with E-state index in [4.69, 9.17) is 9.84 Å². The van der Waals surface area contributed by atoms with Crippen LogP contribution in [-0.4, -0.2) is 16.8 Å². The van der Waals surface area contributed by atoms with Crippen LogP contribution in [0.25, 0.3) is 0 Å². The molecule has 0 aromatic heterocycles. The van der Waals surface area contributed by atoms with Crippen LogP contribution in [0.5, 0.6) is 5.75 Å². The van der Waals surface area contributed by atoms with Gasteiger partial charge < -0.3 is 9.84 Å². The van der Waals surface area contributed by atoms with E-state index >= 15 is 0 Å². The molecular formula is C17H16F2O3S. The summed E-state index contributed by atoms with van der Waals surface area (Å²) in [5.74, 6) is -0.281. The summed E-state index contributed by atoms with van der Waals surface area (Å²) in [6.07, 6.45) is 0.139. The molecule has 1 N–H and O–H groups in total. The fraction of sp³-hybridized carbons (Fsp3) is 0.235. The predicted molar refractivity (Wildman–Crippen MR) is 85.5 cm³/mol. The average Bonchev–Trinajstić information content (AvgIpc) is 2.52. The lowest BCUT2D eigenvalue weighted by Crippen LogP contribution is -2.01. The van der Waals surface area contributed by atoms with Crippen LogP contribution in [0.2, 0.25) is 0 Å². The molecule has 23 heavy (non-hydrogen) atoms. The van der Waals surface area contributed by atoms with Crippen molar-refractivity contribution in [3.8, 4) is 5.75 Å². The van der Waals surface area contributed by atoms with Crippen molar-refractivity contribution in [2.45, 2.75) is 18.8 Å². The van der Waals surface area contributed by atoms with E-state index in [-0.39, 0.29) is 18.6 Å². The number of carboxylic acid groups (broad SMARTS) is 1. The molecule has 0 bridgehead atoms. The third kappa shape index (κ3) is 5.56. The van der Waals surface area contributed by atoms with Gasteiger partial charge in [0.25, 0.3) is 0 Å². The molecule has 0 atom stereocenters. The maximum atomic E-state index is 13.5. The molecule has 0 unspecified atom stereocenters. The van der Waals surface area contributed by atoms with Crippen LogP contribution in [0.1, 0.15) is 17.5 Å². The minimum Gasteiger partial charge on any atom is -0.489 e. The van der Waals surface area contributed by atoms with Crippen molar-refractivity contribution >= 4 is 17.7 Å². The monoisotopic (exact) mass is 338 g/mol. The van der Waals surface area contributed by atoms with Gasteiger partial charge in [-0.05, 0) is 29.8 Å². The van der Waals surface area contributed by atoms with Gasteiger partial charge in [-0.25, -0.2) is 8.78 Å². The number of halogens is 2. The first kappa shape index (κ1) is 17.3. The van der Waals surface area contributed by atoms with Crippen LogP contribution in [0.15, 0.2) is 42.5 Å². The van der Waals surface area contributed by atoms with E-state index in [1.807, 2.05) is 12.1 Å². The predicted octanol–water partition coefficient (Wildman–Crippen LogP) is 4.25. The molecule has 3 nitrogen and oxygen atoms in total. The van der Waals surface area contributed by atoms with Crippen LogP contribution in [0, 0.1) is 11.6 Å². The summed E-state index contributed by atoms with van der Waals surface area (Å²) in [7, 11) is 0. The van der Waals surface area contributed by atoms with E-state index in [9.17, 15) is 13.6 Å². The van der Waals surface area contributed by atoms with Gasteiger partial charge in [0.15, 0.2) is 0 Å². The number of benzene rings is 2. The van der Waals surface area contributed by atoms with Crippen molar-refractivity contribution in [2.75, 3.05) is 5.75 Å². The highest BCUT2D eigenvalue weighted by Crippen LogP contribution is 2.20. The molecule has 0 saturated heterocycles. The molecule has 6 heteroatoms. The lowest BCUT2D eigenvalue weighted by molar-refractivity contribution is -0.136. The second kappa shape index (κ2) is 8.53. The summed E-state index contributed by atoms with van der Waals surface area (Å²) >= 11 is 1.53. The zero-order chi connectivity index (χ0) is 16.7. The molecule has 0 aliphatic carbocycles. The Bertz CT molecular complexity index is 639. The first-order chi connectivity index (χ1) is 11.1. The first-order valence-electron chi connectivity index (χ1n) is 7.00. The first-order valence-corrected chi connectivity index (χ1v) is 8.16. The maximum Gasteiger partial charge on any atom is 0.304 e. The number of ether oxygens (including phenoxy) is 1. The number of hydrogen-bond acceptors (Lipinski definition) is 3. The third-order valence-electron chi connectivity index (χ3n) is 3.10. The summed E-state index contributed by atoms with van der Waals surface area (Å²) in [5, 5.41) is 8.56. The Morgan fingerprint density at radius 2 is 1.74 bits per heavy atom. The van der Waals surface area contributed by atoms with E-state index in [1.54, 1.807) is 12.1 Å². The fourth-order valence-corrected chi connectivity index (χ4v) is 2.75. The van der Waals surface area contributed by atoms with Crippen molar-refractivity contribution in [1.29, 1.82) is 0 Å². The number of carboxylic acids is 1. The summed E-state index contributed by atoms with van der Waals surface area (Å²) in [6, 6.07) is 10.8. The highest BCUT2D eigenvalue weighted by Gasteiger charge is 2.09. The van der Waals surface area contributed by atoms with Gasteiger partial charge in [-0.15, -0.1) is 0 Å². The SMILES string of the molecule is O=C(O)CCSCc1ccc(OCc2c(F)cccc2F)cc1. The van der Waals surface area contributed by atoms with Gasteiger partial charge in [0, 0.05) is 11.5 Å². The van der Waals surface area contributed by atoms with E-state index < -0.39 is 17.6 Å². The van der Waals surface area contributed by atoms with Crippen molar-refractivity contribution in [1.82, 2.24) is 0 Å². The van der Waals surface area contributed by atoms with Crippen LogP contribution in [0.4, 0.5) is 8.78 Å². The van der Waals surface area contributed by atoms with Crippen molar-refractivity contribution in [3.63, 3.8) is 0 Å². The molecular weight excluding hydrogens is 322 g/mol. The van der Waals surface area contributed by atoms with E-state index in [0.29, 0.717) is 17.3 Å². The van der Waals surface area contributed by atoms with E-state index in [0.717, 1.165) is 5.56 Å². The Balaban J connectivity index is 1.84. The van der Waals surface area contributed by atoms with Crippen LogP contribution in [-0.2, 0) is 17.2 Å². The van der Waals surface area contributed by atoms with Gasteiger partial charge in [0.05, 0.1) is 12.0 Å².